The molecule has 0 fully saturated rings. The van der Waals surface area contributed by atoms with Crippen LogP contribution >= 0.6 is 23.4 Å². The average Bonchev–Trinajstić information content (AvgIpc) is 2.03. The van der Waals surface area contributed by atoms with Crippen LogP contribution in [0.2, 0.25) is 5.02 Å². The molecule has 0 aliphatic carbocycles. The van der Waals surface area contributed by atoms with E-state index in [9.17, 15) is 4.79 Å². The molecule has 4 heteroatoms. The Balaban J connectivity index is 2.41. The molecular weight excluding hydrogens is 208 g/mol. The zero-order valence-corrected chi connectivity index (χ0v) is 8.69. The third kappa shape index (κ3) is 4.20. The predicted molar refractivity (Wildman–Crippen MR) is 53.9 cm³/mol. The van der Waals surface area contributed by atoms with Gasteiger partial charge in [-0.05, 0) is 18.2 Å². The fourth-order valence-electron chi connectivity index (χ4n) is 0.737. The Hall–Kier alpha value is -0.670. The van der Waals surface area contributed by atoms with Crippen LogP contribution in [-0.2, 0) is 9.53 Å². The first kappa shape index (κ1) is 10.4. The van der Waals surface area contributed by atoms with Crippen LogP contribution in [0.4, 0.5) is 0 Å². The second-order valence-electron chi connectivity index (χ2n) is 2.36. The molecule has 0 radical (unpaired) electrons. The molecule has 0 aliphatic rings. The molecule has 1 aromatic carbocycles. The van der Waals surface area contributed by atoms with Gasteiger partial charge in [0.15, 0.2) is 0 Å². The van der Waals surface area contributed by atoms with Crippen LogP contribution in [0.1, 0.15) is 6.92 Å². The van der Waals surface area contributed by atoms with Crippen molar-refractivity contribution < 1.29 is 9.53 Å². The van der Waals surface area contributed by atoms with Crippen molar-refractivity contribution in [2.75, 3.05) is 5.94 Å². The van der Waals surface area contributed by atoms with Crippen molar-refractivity contribution >= 4 is 29.3 Å². The van der Waals surface area contributed by atoms with Gasteiger partial charge in [0.2, 0.25) is 0 Å². The van der Waals surface area contributed by atoms with E-state index in [-0.39, 0.29) is 5.97 Å². The fourth-order valence-corrected chi connectivity index (χ4v) is 1.74. The molecule has 2 nitrogen and oxygen atoms in total. The molecule has 0 aromatic heterocycles. The highest BCUT2D eigenvalue weighted by Crippen LogP contribution is 2.21. The summed E-state index contributed by atoms with van der Waals surface area (Å²) in [7, 11) is 0. The van der Waals surface area contributed by atoms with Crippen molar-refractivity contribution in [1.82, 2.24) is 0 Å². The van der Waals surface area contributed by atoms with Crippen LogP contribution in [0.25, 0.3) is 0 Å². The Morgan fingerprint density at radius 1 is 1.62 bits per heavy atom. The van der Waals surface area contributed by atoms with E-state index in [1.165, 1.54) is 18.7 Å². The Labute approximate surface area is 86.2 Å². The van der Waals surface area contributed by atoms with Gasteiger partial charge in [0.05, 0.1) is 0 Å². The maximum Gasteiger partial charge on any atom is 0.303 e. The van der Waals surface area contributed by atoms with E-state index in [1.807, 2.05) is 18.2 Å². The molecule has 13 heavy (non-hydrogen) atoms. The normalized spacial score (nSPS) is 9.69. The van der Waals surface area contributed by atoms with Gasteiger partial charge in [-0.3, -0.25) is 4.79 Å². The Bertz CT molecular complexity index is 301. The summed E-state index contributed by atoms with van der Waals surface area (Å²) in [6, 6.07) is 7.41. The summed E-state index contributed by atoms with van der Waals surface area (Å²) in [5.41, 5.74) is 0. The highest BCUT2D eigenvalue weighted by atomic mass is 35.5. The zero-order valence-electron chi connectivity index (χ0n) is 7.12. The zero-order chi connectivity index (χ0) is 9.68. The average molecular weight is 217 g/mol. The fraction of sp³-hybridized carbons (Fsp3) is 0.222. The van der Waals surface area contributed by atoms with E-state index in [2.05, 4.69) is 0 Å². The number of halogens is 1. The van der Waals surface area contributed by atoms with Gasteiger partial charge in [-0.25, -0.2) is 0 Å². The molecule has 0 unspecified atom stereocenters. The third-order valence-corrected chi connectivity index (χ3v) is 2.34. The second-order valence-corrected chi connectivity index (χ2v) is 3.79. The summed E-state index contributed by atoms with van der Waals surface area (Å²) in [5.74, 6) is 0.0601. The minimum absolute atomic E-state index is 0.269. The summed E-state index contributed by atoms with van der Waals surface area (Å²) >= 11 is 7.20. The van der Waals surface area contributed by atoms with Crippen molar-refractivity contribution in [1.29, 1.82) is 0 Å². The van der Waals surface area contributed by atoms with Gasteiger partial charge in [0, 0.05) is 16.8 Å². The van der Waals surface area contributed by atoms with E-state index >= 15 is 0 Å². The van der Waals surface area contributed by atoms with Crippen LogP contribution in [-0.4, -0.2) is 11.9 Å². The van der Waals surface area contributed by atoms with Crippen molar-refractivity contribution in [3.63, 3.8) is 0 Å². The molecule has 0 aliphatic heterocycles. The molecule has 1 rings (SSSR count). The number of thioether (sulfide) groups is 1. The maximum atomic E-state index is 10.4. The van der Waals surface area contributed by atoms with Gasteiger partial charge >= 0.3 is 5.97 Å². The summed E-state index contributed by atoms with van der Waals surface area (Å²) in [4.78, 5) is 11.4. The van der Waals surface area contributed by atoms with E-state index < -0.39 is 0 Å². The van der Waals surface area contributed by atoms with Gasteiger partial charge in [-0.15, -0.1) is 0 Å². The van der Waals surface area contributed by atoms with E-state index in [4.69, 9.17) is 16.3 Å². The first-order chi connectivity index (χ1) is 6.18. The standard InChI is InChI=1S/C9H9ClO2S/c1-7(11)12-6-13-9-4-2-3-8(10)5-9/h2-5H,6H2,1H3. The molecule has 0 N–H and O–H groups in total. The van der Waals surface area contributed by atoms with Crippen molar-refractivity contribution in [3.05, 3.63) is 29.3 Å². The summed E-state index contributed by atoms with van der Waals surface area (Å²) in [6.45, 7) is 1.39. The minimum Gasteiger partial charge on any atom is -0.454 e. The van der Waals surface area contributed by atoms with Crippen molar-refractivity contribution in [2.45, 2.75) is 11.8 Å². The largest absolute Gasteiger partial charge is 0.454 e. The Kier molecular flexibility index (Phi) is 4.12. The SMILES string of the molecule is CC(=O)OCSc1cccc(Cl)c1. The monoisotopic (exact) mass is 216 g/mol. The van der Waals surface area contributed by atoms with Crippen LogP contribution in [0, 0.1) is 0 Å². The third-order valence-electron chi connectivity index (χ3n) is 1.28. The number of hydrogen-bond acceptors (Lipinski definition) is 3. The summed E-state index contributed by atoms with van der Waals surface area (Å²) in [6.07, 6.45) is 0. The topological polar surface area (TPSA) is 26.3 Å². The minimum atomic E-state index is -0.269. The molecule has 0 saturated heterocycles. The molecule has 0 spiro atoms. The lowest BCUT2D eigenvalue weighted by Gasteiger charge is -2.01. The molecular formula is C9H9ClO2S. The van der Waals surface area contributed by atoms with Gasteiger partial charge in [0.1, 0.15) is 5.94 Å². The highest BCUT2D eigenvalue weighted by molar-refractivity contribution is 7.99. The smallest absolute Gasteiger partial charge is 0.303 e. The van der Waals surface area contributed by atoms with E-state index in [0.717, 1.165) is 4.90 Å². The Morgan fingerprint density at radius 2 is 2.38 bits per heavy atom. The quantitative estimate of drug-likeness (QED) is 0.442. The number of carbonyl (C=O) groups excluding carboxylic acids is 1. The van der Waals surface area contributed by atoms with Gasteiger partial charge in [-0.1, -0.05) is 29.4 Å². The number of rotatable bonds is 3. The van der Waals surface area contributed by atoms with Gasteiger partial charge < -0.3 is 4.74 Å². The van der Waals surface area contributed by atoms with E-state index in [1.54, 1.807) is 6.07 Å². The summed E-state index contributed by atoms with van der Waals surface area (Å²) < 4.78 is 4.77. The van der Waals surface area contributed by atoms with Crippen LogP contribution in [0.15, 0.2) is 29.2 Å². The maximum absolute atomic E-state index is 10.4. The number of esters is 1. The molecule has 70 valence electrons. The molecule has 0 heterocycles. The van der Waals surface area contributed by atoms with E-state index in [0.29, 0.717) is 11.0 Å². The molecule has 1 aromatic rings. The first-order valence-corrected chi connectivity index (χ1v) is 5.06. The van der Waals surface area contributed by atoms with Gasteiger partial charge in [0.25, 0.3) is 0 Å². The van der Waals surface area contributed by atoms with Crippen LogP contribution in [0.5, 0.6) is 0 Å². The molecule has 0 atom stereocenters. The lowest BCUT2D eigenvalue weighted by atomic mass is 10.4. The lowest BCUT2D eigenvalue weighted by molar-refractivity contribution is -0.138. The molecule has 0 saturated carbocycles. The number of carbonyl (C=O) groups is 1. The van der Waals surface area contributed by atoms with Gasteiger partial charge in [-0.2, -0.15) is 0 Å². The first-order valence-electron chi connectivity index (χ1n) is 3.70. The van der Waals surface area contributed by atoms with Crippen molar-refractivity contribution in [3.8, 4) is 0 Å². The Morgan fingerprint density at radius 3 is 3.00 bits per heavy atom. The number of ether oxygens (including phenoxy) is 1. The molecule has 0 bridgehead atoms. The predicted octanol–water partition coefficient (Wildman–Crippen LogP) is 2.95. The highest BCUT2D eigenvalue weighted by Gasteiger charge is 1.96. The lowest BCUT2D eigenvalue weighted by Crippen LogP contribution is -1.96. The molecule has 0 amide bonds. The summed E-state index contributed by atoms with van der Waals surface area (Å²) in [5, 5.41) is 0.688. The number of hydrogen-bond donors (Lipinski definition) is 0. The van der Waals surface area contributed by atoms with Crippen LogP contribution in [0.3, 0.4) is 0 Å². The second kappa shape index (κ2) is 5.14. The van der Waals surface area contributed by atoms with Crippen LogP contribution < -0.4 is 0 Å². The van der Waals surface area contributed by atoms with Crippen molar-refractivity contribution in [2.24, 2.45) is 0 Å². The number of benzene rings is 1.